The number of likely N-dealkylation sites (tertiary alicyclic amines) is 1. The van der Waals surface area contributed by atoms with E-state index in [1.54, 1.807) is 0 Å². The molecule has 1 atom stereocenters. The molecule has 0 aliphatic carbocycles. The fourth-order valence-corrected chi connectivity index (χ4v) is 2.10. The van der Waals surface area contributed by atoms with Gasteiger partial charge in [-0.3, -0.25) is 4.79 Å². The number of nitrogens with zero attached hydrogens (tertiary/aromatic N) is 2. The highest BCUT2D eigenvalue weighted by molar-refractivity contribution is 5.78. The van der Waals surface area contributed by atoms with E-state index >= 15 is 0 Å². The number of rotatable bonds is 2. The molecule has 1 aliphatic rings. The lowest BCUT2D eigenvalue weighted by atomic mass is 10.1. The highest BCUT2D eigenvalue weighted by atomic mass is 16.2. The Morgan fingerprint density at radius 2 is 2.29 bits per heavy atom. The van der Waals surface area contributed by atoms with Crippen LogP contribution in [0.1, 0.15) is 45.4 Å². The van der Waals surface area contributed by atoms with Crippen LogP contribution in [0, 0.1) is 11.3 Å². The lowest BCUT2D eigenvalue weighted by Crippen LogP contribution is -2.39. The van der Waals surface area contributed by atoms with E-state index < -0.39 is 0 Å². The maximum absolute atomic E-state index is 11.6. The van der Waals surface area contributed by atoms with Gasteiger partial charge in [-0.2, -0.15) is 5.26 Å². The maximum Gasteiger partial charge on any atom is 0.237 e. The van der Waals surface area contributed by atoms with Gasteiger partial charge in [-0.1, -0.05) is 19.8 Å². The van der Waals surface area contributed by atoms with Crippen molar-refractivity contribution in [3.8, 4) is 6.07 Å². The Morgan fingerprint density at radius 1 is 1.50 bits per heavy atom. The van der Waals surface area contributed by atoms with Crippen LogP contribution in [0.4, 0.5) is 0 Å². The van der Waals surface area contributed by atoms with Crippen molar-refractivity contribution in [1.29, 1.82) is 5.26 Å². The van der Waals surface area contributed by atoms with Gasteiger partial charge in [-0.05, 0) is 19.3 Å². The van der Waals surface area contributed by atoms with Crippen molar-refractivity contribution in [3.63, 3.8) is 0 Å². The Hall–Kier alpha value is -1.04. The number of carbonyl (C=O) groups is 1. The fourth-order valence-electron chi connectivity index (χ4n) is 2.10. The molecule has 3 heteroatoms. The zero-order chi connectivity index (χ0) is 10.4. The van der Waals surface area contributed by atoms with Crippen molar-refractivity contribution in [2.24, 2.45) is 0 Å². The van der Waals surface area contributed by atoms with Gasteiger partial charge in [0.25, 0.3) is 0 Å². The fraction of sp³-hybridized carbons (Fsp3) is 0.818. The van der Waals surface area contributed by atoms with Gasteiger partial charge < -0.3 is 4.90 Å². The third-order valence-corrected chi connectivity index (χ3v) is 2.90. The van der Waals surface area contributed by atoms with Gasteiger partial charge in [0.2, 0.25) is 5.91 Å². The maximum atomic E-state index is 11.6. The Bertz CT molecular complexity index is 232. The number of hydrogen-bond donors (Lipinski definition) is 0. The van der Waals surface area contributed by atoms with E-state index in [2.05, 4.69) is 6.92 Å². The molecule has 0 N–H and O–H groups in total. The first-order valence-electron chi connectivity index (χ1n) is 5.46. The Labute approximate surface area is 85.7 Å². The zero-order valence-electron chi connectivity index (χ0n) is 8.83. The van der Waals surface area contributed by atoms with Crippen molar-refractivity contribution in [1.82, 2.24) is 4.90 Å². The smallest absolute Gasteiger partial charge is 0.237 e. The summed E-state index contributed by atoms with van der Waals surface area (Å²) in [4.78, 5) is 13.5. The van der Waals surface area contributed by atoms with Gasteiger partial charge in [0.1, 0.15) is 6.42 Å². The molecule has 0 saturated carbocycles. The summed E-state index contributed by atoms with van der Waals surface area (Å²) in [5.74, 6) is 0.0150. The van der Waals surface area contributed by atoms with Gasteiger partial charge in [0.15, 0.2) is 0 Å². The average Bonchev–Trinajstić information content (AvgIpc) is 2.42. The van der Waals surface area contributed by atoms with Crippen LogP contribution < -0.4 is 0 Å². The quantitative estimate of drug-likeness (QED) is 0.675. The van der Waals surface area contributed by atoms with Crippen molar-refractivity contribution < 1.29 is 4.79 Å². The van der Waals surface area contributed by atoms with E-state index in [4.69, 9.17) is 5.26 Å². The third kappa shape index (κ3) is 2.73. The van der Waals surface area contributed by atoms with Gasteiger partial charge in [0.05, 0.1) is 6.07 Å². The van der Waals surface area contributed by atoms with Crippen LogP contribution in [0.3, 0.4) is 0 Å². The molecule has 14 heavy (non-hydrogen) atoms. The molecule has 1 rings (SSSR count). The summed E-state index contributed by atoms with van der Waals surface area (Å²) in [7, 11) is 0. The van der Waals surface area contributed by atoms with Crippen LogP contribution in [-0.4, -0.2) is 23.4 Å². The van der Waals surface area contributed by atoms with E-state index in [-0.39, 0.29) is 12.3 Å². The van der Waals surface area contributed by atoms with Gasteiger partial charge in [0, 0.05) is 12.6 Å². The first-order valence-corrected chi connectivity index (χ1v) is 5.46. The molecule has 0 aromatic heterocycles. The lowest BCUT2D eigenvalue weighted by Gasteiger charge is -2.28. The van der Waals surface area contributed by atoms with Crippen LogP contribution in [0.2, 0.25) is 0 Å². The van der Waals surface area contributed by atoms with E-state index in [0.29, 0.717) is 6.04 Å². The SMILES string of the molecule is CCC1CCCCCN1C(=O)CC#N. The average molecular weight is 194 g/mol. The number of hydrogen-bond acceptors (Lipinski definition) is 2. The van der Waals surface area contributed by atoms with Gasteiger partial charge >= 0.3 is 0 Å². The van der Waals surface area contributed by atoms with E-state index in [1.807, 2.05) is 11.0 Å². The van der Waals surface area contributed by atoms with E-state index in [9.17, 15) is 4.79 Å². The summed E-state index contributed by atoms with van der Waals surface area (Å²) in [6, 6.07) is 2.31. The summed E-state index contributed by atoms with van der Waals surface area (Å²) in [6.45, 7) is 2.96. The van der Waals surface area contributed by atoms with Crippen LogP contribution >= 0.6 is 0 Å². The second kappa shape index (κ2) is 5.64. The van der Waals surface area contributed by atoms with Crippen molar-refractivity contribution in [3.05, 3.63) is 0 Å². The Morgan fingerprint density at radius 3 is 2.93 bits per heavy atom. The van der Waals surface area contributed by atoms with Gasteiger partial charge in [-0.15, -0.1) is 0 Å². The molecule has 1 heterocycles. The molecule has 0 spiro atoms. The standard InChI is InChI=1S/C11H18N2O/c1-2-10-6-4-3-5-9-13(10)11(14)7-8-12/h10H,2-7,9H2,1H3. The van der Waals surface area contributed by atoms with E-state index in [0.717, 1.165) is 25.8 Å². The second-order valence-electron chi connectivity index (χ2n) is 3.83. The summed E-state index contributed by atoms with van der Waals surface area (Å²) >= 11 is 0. The summed E-state index contributed by atoms with van der Waals surface area (Å²) in [5, 5.41) is 8.50. The number of carbonyl (C=O) groups excluding carboxylic acids is 1. The largest absolute Gasteiger partial charge is 0.339 e. The van der Waals surface area contributed by atoms with Crippen molar-refractivity contribution >= 4 is 5.91 Å². The molecule has 0 aromatic carbocycles. The van der Waals surface area contributed by atoms with E-state index in [1.165, 1.54) is 12.8 Å². The monoisotopic (exact) mass is 194 g/mol. The van der Waals surface area contributed by atoms with Crippen molar-refractivity contribution in [2.75, 3.05) is 6.54 Å². The molecule has 0 aromatic rings. The minimum absolute atomic E-state index is 0.0150. The highest BCUT2D eigenvalue weighted by Crippen LogP contribution is 2.19. The van der Waals surface area contributed by atoms with Crippen LogP contribution in [0.5, 0.6) is 0 Å². The molecule has 0 bridgehead atoms. The topological polar surface area (TPSA) is 44.1 Å². The second-order valence-corrected chi connectivity index (χ2v) is 3.83. The summed E-state index contributed by atoms with van der Waals surface area (Å²) < 4.78 is 0. The molecule has 3 nitrogen and oxygen atoms in total. The normalized spacial score (nSPS) is 22.6. The van der Waals surface area contributed by atoms with Crippen LogP contribution in [0.15, 0.2) is 0 Å². The number of nitriles is 1. The third-order valence-electron chi connectivity index (χ3n) is 2.90. The Kier molecular flexibility index (Phi) is 4.45. The molecule has 78 valence electrons. The van der Waals surface area contributed by atoms with Crippen LogP contribution in [0.25, 0.3) is 0 Å². The zero-order valence-corrected chi connectivity index (χ0v) is 8.83. The molecular weight excluding hydrogens is 176 g/mol. The predicted molar refractivity (Wildman–Crippen MR) is 54.5 cm³/mol. The van der Waals surface area contributed by atoms with Crippen LogP contribution in [-0.2, 0) is 4.79 Å². The molecule has 1 amide bonds. The highest BCUT2D eigenvalue weighted by Gasteiger charge is 2.23. The Balaban J connectivity index is 2.61. The molecule has 0 radical (unpaired) electrons. The first kappa shape index (κ1) is 11.0. The number of amides is 1. The van der Waals surface area contributed by atoms with Crippen molar-refractivity contribution in [2.45, 2.75) is 51.5 Å². The molecular formula is C11H18N2O. The summed E-state index contributed by atoms with van der Waals surface area (Å²) in [6.07, 6.45) is 5.68. The molecule has 1 aliphatic heterocycles. The first-order chi connectivity index (χ1) is 6.79. The molecule has 1 saturated heterocycles. The minimum Gasteiger partial charge on any atom is -0.339 e. The molecule has 1 unspecified atom stereocenters. The molecule has 1 fully saturated rings. The predicted octanol–water partition coefficient (Wildman–Crippen LogP) is 2.08. The lowest BCUT2D eigenvalue weighted by molar-refractivity contribution is -0.132. The van der Waals surface area contributed by atoms with Gasteiger partial charge in [-0.25, -0.2) is 0 Å². The minimum atomic E-state index is 0.0150. The summed E-state index contributed by atoms with van der Waals surface area (Å²) in [5.41, 5.74) is 0.